The van der Waals surface area contributed by atoms with Gasteiger partial charge in [0.2, 0.25) is 17.7 Å². The van der Waals surface area contributed by atoms with E-state index in [1.165, 1.54) is 43.0 Å². The zero-order valence-corrected chi connectivity index (χ0v) is 20.7. The Balaban J connectivity index is 3.16. The number of carboxylic acids is 2. The number of carboxylic acid groups (broad SMARTS) is 2. The Morgan fingerprint density at radius 1 is 0.917 bits per heavy atom. The van der Waals surface area contributed by atoms with Crippen molar-refractivity contribution in [1.29, 1.82) is 0 Å². The molecular weight excluding hydrogens is 496 g/mol. The maximum atomic E-state index is 13.0. The Kier molecular flexibility index (Phi) is 12.7. The number of carbonyl (C=O) groups excluding carboxylic acids is 3. The van der Waals surface area contributed by atoms with E-state index in [1.54, 1.807) is 6.26 Å². The average molecular weight is 529 g/mol. The first kappa shape index (κ1) is 30.7. The van der Waals surface area contributed by atoms with Gasteiger partial charge in [-0.2, -0.15) is 11.8 Å². The number of aliphatic hydroxyl groups is 1. The van der Waals surface area contributed by atoms with Crippen LogP contribution in [0.4, 0.5) is 0 Å². The van der Waals surface area contributed by atoms with Gasteiger partial charge in [0.25, 0.3) is 0 Å². The van der Waals surface area contributed by atoms with Crippen molar-refractivity contribution in [2.45, 2.75) is 56.5 Å². The third-order valence-corrected chi connectivity index (χ3v) is 5.71. The highest BCUT2D eigenvalue weighted by atomic mass is 32.2. The third kappa shape index (κ3) is 10.5. The van der Waals surface area contributed by atoms with E-state index in [9.17, 15) is 44.4 Å². The minimum atomic E-state index is -1.64. The zero-order valence-electron chi connectivity index (χ0n) is 19.8. The minimum absolute atomic E-state index is 0.0366. The number of amides is 3. The van der Waals surface area contributed by atoms with Crippen molar-refractivity contribution < 1.29 is 44.4 Å². The van der Waals surface area contributed by atoms with Gasteiger partial charge in [0.1, 0.15) is 29.9 Å². The van der Waals surface area contributed by atoms with Crippen LogP contribution in [0.15, 0.2) is 24.3 Å². The molecule has 0 fully saturated rings. The van der Waals surface area contributed by atoms with Crippen LogP contribution in [0, 0.1) is 0 Å². The number of benzene rings is 1. The Labute approximate surface area is 211 Å². The molecule has 200 valence electrons. The summed E-state index contributed by atoms with van der Waals surface area (Å²) >= 11 is 1.39. The van der Waals surface area contributed by atoms with Crippen LogP contribution >= 0.6 is 11.8 Å². The van der Waals surface area contributed by atoms with Crippen molar-refractivity contribution in [3.8, 4) is 5.75 Å². The summed E-state index contributed by atoms with van der Waals surface area (Å²) in [5, 5.41) is 44.5. The topological polar surface area (TPSA) is 228 Å². The molecule has 1 rings (SSSR count). The largest absolute Gasteiger partial charge is 0.508 e. The molecule has 0 saturated heterocycles. The van der Waals surface area contributed by atoms with Crippen LogP contribution in [0.2, 0.25) is 0 Å². The van der Waals surface area contributed by atoms with E-state index in [0.29, 0.717) is 11.3 Å². The fourth-order valence-electron chi connectivity index (χ4n) is 2.99. The van der Waals surface area contributed by atoms with Crippen LogP contribution in [0.3, 0.4) is 0 Å². The summed E-state index contributed by atoms with van der Waals surface area (Å²) < 4.78 is 0. The molecule has 9 N–H and O–H groups in total. The molecule has 3 amide bonds. The summed E-state index contributed by atoms with van der Waals surface area (Å²) in [5.74, 6) is -5.13. The molecule has 0 aliphatic carbocycles. The number of nitrogens with one attached hydrogen (secondary N) is 3. The fraction of sp³-hybridized carbons (Fsp3) is 0.500. The molecule has 13 nitrogen and oxygen atoms in total. The lowest BCUT2D eigenvalue weighted by Crippen LogP contribution is -2.59. The van der Waals surface area contributed by atoms with Gasteiger partial charge in [-0.3, -0.25) is 19.2 Å². The van der Waals surface area contributed by atoms with Gasteiger partial charge in [0.15, 0.2) is 0 Å². The van der Waals surface area contributed by atoms with E-state index in [4.69, 9.17) is 5.73 Å². The van der Waals surface area contributed by atoms with Crippen LogP contribution in [0.5, 0.6) is 5.75 Å². The Morgan fingerprint density at radius 2 is 1.44 bits per heavy atom. The number of carbonyl (C=O) groups is 5. The first-order valence-corrected chi connectivity index (χ1v) is 12.3. The molecule has 0 bridgehead atoms. The second kappa shape index (κ2) is 14.9. The lowest BCUT2D eigenvalue weighted by atomic mass is 10.0. The molecule has 0 heterocycles. The number of phenols is 1. The molecule has 0 radical (unpaired) electrons. The van der Waals surface area contributed by atoms with E-state index in [2.05, 4.69) is 16.0 Å². The highest BCUT2D eigenvalue weighted by molar-refractivity contribution is 7.98. The number of hydrogen-bond acceptors (Lipinski definition) is 9. The Bertz CT molecular complexity index is 927. The molecule has 0 aliphatic heterocycles. The molecule has 1 aromatic rings. The van der Waals surface area contributed by atoms with Crippen LogP contribution in [0.1, 0.15) is 25.3 Å². The van der Waals surface area contributed by atoms with Crippen molar-refractivity contribution in [2.24, 2.45) is 5.73 Å². The number of nitrogens with two attached hydrogens (primary N) is 1. The van der Waals surface area contributed by atoms with E-state index in [1.807, 2.05) is 0 Å². The monoisotopic (exact) mass is 528 g/mol. The number of phenolic OH excluding ortho intramolecular Hbond substituents is 1. The number of thioether (sulfide) groups is 1. The van der Waals surface area contributed by atoms with Gasteiger partial charge in [-0.25, -0.2) is 4.79 Å². The highest BCUT2D eigenvalue weighted by Gasteiger charge is 2.32. The number of aliphatic carboxylic acids is 2. The molecule has 14 heteroatoms. The molecule has 5 atom stereocenters. The molecule has 1 aromatic carbocycles. The molecular formula is C22H32N4O9S. The van der Waals surface area contributed by atoms with E-state index in [-0.39, 0.29) is 18.6 Å². The predicted molar refractivity (Wildman–Crippen MR) is 130 cm³/mol. The lowest BCUT2D eigenvalue weighted by molar-refractivity contribution is -0.143. The summed E-state index contributed by atoms with van der Waals surface area (Å²) in [6.07, 6.45) is -0.358. The van der Waals surface area contributed by atoms with Crippen LogP contribution in [-0.4, -0.2) is 92.4 Å². The van der Waals surface area contributed by atoms with E-state index < -0.39 is 66.4 Å². The number of aliphatic hydroxyl groups excluding tert-OH is 1. The van der Waals surface area contributed by atoms with Gasteiger partial charge in [-0.15, -0.1) is 0 Å². The summed E-state index contributed by atoms with van der Waals surface area (Å²) in [6.45, 7) is 1.24. The number of aromatic hydroxyl groups is 1. The van der Waals surface area contributed by atoms with Gasteiger partial charge in [0.05, 0.1) is 12.5 Å². The summed E-state index contributed by atoms with van der Waals surface area (Å²) in [6, 6.07) is 0.0367. The fourth-order valence-corrected chi connectivity index (χ4v) is 3.46. The average Bonchev–Trinajstić information content (AvgIpc) is 2.80. The summed E-state index contributed by atoms with van der Waals surface area (Å²) in [7, 11) is 0. The van der Waals surface area contributed by atoms with Crippen LogP contribution in [0.25, 0.3) is 0 Å². The van der Waals surface area contributed by atoms with Gasteiger partial charge >= 0.3 is 11.9 Å². The lowest BCUT2D eigenvalue weighted by Gasteiger charge is -2.25. The van der Waals surface area contributed by atoms with Crippen LogP contribution < -0.4 is 21.7 Å². The first-order valence-electron chi connectivity index (χ1n) is 10.9. The van der Waals surface area contributed by atoms with Crippen molar-refractivity contribution >= 4 is 41.4 Å². The van der Waals surface area contributed by atoms with Crippen molar-refractivity contribution in [2.75, 3.05) is 12.0 Å². The van der Waals surface area contributed by atoms with Crippen molar-refractivity contribution in [1.82, 2.24) is 16.0 Å². The molecule has 36 heavy (non-hydrogen) atoms. The number of rotatable bonds is 15. The standard InChI is InChI=1S/C22H32N4O9S/c1-11(27)18(23)21(33)26-16(10-17(29)30)20(32)25-15(9-12-3-5-13(28)6-4-12)19(31)24-14(22(34)35)7-8-36-2/h3-6,11,14-16,18,27-28H,7-10,23H2,1-2H3,(H,24,31)(H,25,32)(H,26,33)(H,29,30)(H,34,35). The smallest absolute Gasteiger partial charge is 0.326 e. The van der Waals surface area contributed by atoms with Crippen molar-refractivity contribution in [3.05, 3.63) is 29.8 Å². The highest BCUT2D eigenvalue weighted by Crippen LogP contribution is 2.12. The van der Waals surface area contributed by atoms with Crippen LogP contribution in [-0.2, 0) is 30.4 Å². The molecule has 0 aliphatic rings. The SMILES string of the molecule is CSCCC(NC(=O)C(Cc1ccc(O)cc1)NC(=O)C(CC(=O)O)NC(=O)C(N)C(C)O)C(=O)O. The van der Waals surface area contributed by atoms with Gasteiger partial charge in [-0.05, 0) is 43.0 Å². The predicted octanol–water partition coefficient (Wildman–Crippen LogP) is -1.59. The molecule has 5 unspecified atom stereocenters. The van der Waals surface area contributed by atoms with Crippen molar-refractivity contribution in [3.63, 3.8) is 0 Å². The Hall–Kier alpha value is -3.36. The Morgan fingerprint density at radius 3 is 1.94 bits per heavy atom. The first-order chi connectivity index (χ1) is 16.8. The second-order valence-corrected chi connectivity index (χ2v) is 9.02. The van der Waals surface area contributed by atoms with Gasteiger partial charge < -0.3 is 42.1 Å². The van der Waals surface area contributed by atoms with Gasteiger partial charge in [0, 0.05) is 6.42 Å². The van der Waals surface area contributed by atoms with Gasteiger partial charge in [-0.1, -0.05) is 12.1 Å². The number of hydrogen-bond donors (Lipinski definition) is 8. The molecule has 0 saturated carbocycles. The second-order valence-electron chi connectivity index (χ2n) is 8.04. The normalized spacial score (nSPS) is 15.0. The zero-order chi connectivity index (χ0) is 27.4. The summed E-state index contributed by atoms with van der Waals surface area (Å²) in [4.78, 5) is 61.0. The molecule has 0 aromatic heterocycles. The summed E-state index contributed by atoms with van der Waals surface area (Å²) in [5.41, 5.74) is 6.04. The van der Waals surface area contributed by atoms with E-state index in [0.717, 1.165) is 0 Å². The maximum absolute atomic E-state index is 13.0. The minimum Gasteiger partial charge on any atom is -0.508 e. The maximum Gasteiger partial charge on any atom is 0.326 e. The third-order valence-electron chi connectivity index (χ3n) is 5.07. The van der Waals surface area contributed by atoms with E-state index >= 15 is 0 Å². The molecule has 0 spiro atoms. The quantitative estimate of drug-likeness (QED) is 0.129.